The van der Waals surface area contributed by atoms with E-state index in [0.29, 0.717) is 22.6 Å². The summed E-state index contributed by atoms with van der Waals surface area (Å²) in [7, 11) is -3.84. The maximum atomic E-state index is 12.4. The number of hydrogen-bond donors (Lipinski definition) is 3. The molecule has 6 nitrogen and oxygen atoms in total. The van der Waals surface area contributed by atoms with Gasteiger partial charge in [-0.1, -0.05) is 17.7 Å². The number of aliphatic hydroxyl groups excluding tert-OH is 1. The molecule has 1 aromatic heterocycles. The standard InChI is InChI=1S/C12H14ClN3O3S/c1-7-12(8(2)15-14-7)16-20(18,19)11-5-9(6-17)3-4-10(11)13/h3-5,16-17H,6H2,1-2H3,(H,14,15). The van der Waals surface area contributed by atoms with Gasteiger partial charge in [0.1, 0.15) is 4.90 Å². The molecule has 20 heavy (non-hydrogen) atoms. The minimum Gasteiger partial charge on any atom is -0.392 e. The molecule has 108 valence electrons. The van der Waals surface area contributed by atoms with E-state index >= 15 is 0 Å². The summed E-state index contributed by atoms with van der Waals surface area (Å²) in [6.07, 6.45) is 0. The molecule has 0 spiro atoms. The zero-order valence-corrected chi connectivity index (χ0v) is 12.5. The van der Waals surface area contributed by atoms with Gasteiger partial charge in [-0.25, -0.2) is 8.42 Å². The number of sulfonamides is 1. The van der Waals surface area contributed by atoms with Gasteiger partial charge in [0, 0.05) is 0 Å². The lowest BCUT2D eigenvalue weighted by atomic mass is 10.2. The van der Waals surface area contributed by atoms with Gasteiger partial charge in [0.05, 0.1) is 28.7 Å². The van der Waals surface area contributed by atoms with Crippen molar-refractivity contribution in [3.63, 3.8) is 0 Å². The summed E-state index contributed by atoms with van der Waals surface area (Å²) in [5.74, 6) is 0. The van der Waals surface area contributed by atoms with Crippen molar-refractivity contribution in [2.24, 2.45) is 0 Å². The number of aromatic amines is 1. The minimum atomic E-state index is -3.84. The van der Waals surface area contributed by atoms with Gasteiger partial charge in [0.15, 0.2) is 0 Å². The van der Waals surface area contributed by atoms with Crippen LogP contribution in [0.2, 0.25) is 5.02 Å². The van der Waals surface area contributed by atoms with Crippen molar-refractivity contribution in [3.8, 4) is 0 Å². The lowest BCUT2D eigenvalue weighted by Crippen LogP contribution is -2.15. The average molecular weight is 316 g/mol. The summed E-state index contributed by atoms with van der Waals surface area (Å²) in [4.78, 5) is -0.0780. The molecule has 0 bridgehead atoms. The van der Waals surface area contributed by atoms with E-state index in [1.54, 1.807) is 19.9 Å². The molecule has 8 heteroatoms. The van der Waals surface area contributed by atoms with E-state index in [9.17, 15) is 8.42 Å². The Labute approximate surface area is 121 Å². The first-order chi connectivity index (χ1) is 9.35. The van der Waals surface area contributed by atoms with Crippen LogP contribution in [0.1, 0.15) is 17.0 Å². The highest BCUT2D eigenvalue weighted by Gasteiger charge is 2.21. The Morgan fingerprint density at radius 1 is 1.40 bits per heavy atom. The van der Waals surface area contributed by atoms with Crippen molar-refractivity contribution in [1.29, 1.82) is 0 Å². The highest BCUT2D eigenvalue weighted by atomic mass is 35.5. The largest absolute Gasteiger partial charge is 0.392 e. The highest BCUT2D eigenvalue weighted by molar-refractivity contribution is 7.92. The van der Waals surface area contributed by atoms with E-state index in [1.807, 2.05) is 0 Å². The molecule has 0 aliphatic carbocycles. The molecule has 0 saturated carbocycles. The lowest BCUT2D eigenvalue weighted by Gasteiger charge is -2.10. The van der Waals surface area contributed by atoms with E-state index < -0.39 is 10.0 Å². The van der Waals surface area contributed by atoms with Crippen molar-refractivity contribution in [2.75, 3.05) is 4.72 Å². The van der Waals surface area contributed by atoms with Crippen LogP contribution < -0.4 is 4.72 Å². The molecule has 2 aromatic rings. The van der Waals surface area contributed by atoms with Crippen LogP contribution >= 0.6 is 11.6 Å². The Bertz CT molecular complexity index is 721. The lowest BCUT2D eigenvalue weighted by molar-refractivity contribution is 0.281. The molecule has 2 rings (SSSR count). The second-order valence-electron chi connectivity index (χ2n) is 4.34. The van der Waals surface area contributed by atoms with Crippen LogP contribution in [0.15, 0.2) is 23.1 Å². The number of aryl methyl sites for hydroxylation is 2. The van der Waals surface area contributed by atoms with Gasteiger partial charge in [-0.05, 0) is 31.5 Å². The van der Waals surface area contributed by atoms with Crippen molar-refractivity contribution in [2.45, 2.75) is 25.3 Å². The fraction of sp³-hybridized carbons (Fsp3) is 0.250. The molecule has 3 N–H and O–H groups in total. The topological polar surface area (TPSA) is 95.1 Å². The van der Waals surface area contributed by atoms with Crippen LogP contribution in [0.25, 0.3) is 0 Å². The summed E-state index contributed by atoms with van der Waals surface area (Å²) in [5, 5.41) is 15.8. The summed E-state index contributed by atoms with van der Waals surface area (Å²) >= 11 is 5.93. The molecule has 1 heterocycles. The number of halogens is 1. The van der Waals surface area contributed by atoms with Gasteiger partial charge in [0.25, 0.3) is 10.0 Å². The molecular formula is C12H14ClN3O3S. The summed E-state index contributed by atoms with van der Waals surface area (Å²) in [6, 6.07) is 4.35. The zero-order chi connectivity index (χ0) is 14.9. The third-order valence-corrected chi connectivity index (χ3v) is 4.66. The Balaban J connectivity index is 2.46. The van der Waals surface area contributed by atoms with Gasteiger partial charge in [0.2, 0.25) is 0 Å². The van der Waals surface area contributed by atoms with Crippen LogP contribution in [0.5, 0.6) is 0 Å². The number of nitrogens with one attached hydrogen (secondary N) is 2. The first-order valence-corrected chi connectivity index (χ1v) is 7.65. The molecule has 0 atom stereocenters. The number of anilines is 1. The first-order valence-electron chi connectivity index (χ1n) is 5.79. The van der Waals surface area contributed by atoms with Crippen LogP contribution in [0, 0.1) is 13.8 Å². The van der Waals surface area contributed by atoms with Crippen LogP contribution in [0.3, 0.4) is 0 Å². The van der Waals surface area contributed by atoms with E-state index in [2.05, 4.69) is 14.9 Å². The number of H-pyrrole nitrogens is 1. The molecule has 1 aromatic carbocycles. The molecule has 0 saturated heterocycles. The third kappa shape index (κ3) is 2.79. The summed E-state index contributed by atoms with van der Waals surface area (Å²) in [5.41, 5.74) is 2.02. The van der Waals surface area contributed by atoms with Gasteiger partial charge >= 0.3 is 0 Å². The van der Waals surface area contributed by atoms with E-state index in [1.165, 1.54) is 12.1 Å². The predicted octanol–water partition coefficient (Wildman–Crippen LogP) is 1.97. The van der Waals surface area contributed by atoms with Crippen LogP contribution in [0.4, 0.5) is 5.69 Å². The predicted molar refractivity (Wildman–Crippen MR) is 76.2 cm³/mol. The fourth-order valence-electron chi connectivity index (χ4n) is 1.74. The second kappa shape index (κ2) is 5.43. The molecule has 0 aliphatic rings. The van der Waals surface area contributed by atoms with Gasteiger partial charge < -0.3 is 5.11 Å². The van der Waals surface area contributed by atoms with Crippen LogP contribution in [-0.2, 0) is 16.6 Å². The number of nitrogens with zero attached hydrogens (tertiary/aromatic N) is 1. The molecule has 0 amide bonds. The number of aromatic nitrogens is 2. The Morgan fingerprint density at radius 2 is 2.10 bits per heavy atom. The molecule has 0 fully saturated rings. The first kappa shape index (κ1) is 14.8. The number of benzene rings is 1. The average Bonchev–Trinajstić information content (AvgIpc) is 2.70. The van der Waals surface area contributed by atoms with Crippen molar-refractivity contribution >= 4 is 27.3 Å². The van der Waals surface area contributed by atoms with Crippen LogP contribution in [-0.4, -0.2) is 23.7 Å². The van der Waals surface area contributed by atoms with Gasteiger partial charge in [-0.2, -0.15) is 5.10 Å². The monoisotopic (exact) mass is 315 g/mol. The second-order valence-corrected chi connectivity index (χ2v) is 6.40. The Hall–Kier alpha value is -1.57. The van der Waals surface area contributed by atoms with E-state index in [4.69, 9.17) is 16.7 Å². The molecular weight excluding hydrogens is 302 g/mol. The van der Waals surface area contributed by atoms with Gasteiger partial charge in [-0.3, -0.25) is 9.82 Å². The smallest absolute Gasteiger partial charge is 0.263 e. The summed E-state index contributed by atoms with van der Waals surface area (Å²) in [6.45, 7) is 3.14. The maximum absolute atomic E-state index is 12.4. The minimum absolute atomic E-state index is 0.0780. The number of hydrogen-bond acceptors (Lipinski definition) is 4. The number of rotatable bonds is 4. The zero-order valence-electron chi connectivity index (χ0n) is 10.9. The van der Waals surface area contributed by atoms with E-state index in [0.717, 1.165) is 0 Å². The third-order valence-electron chi connectivity index (χ3n) is 2.83. The fourth-order valence-corrected chi connectivity index (χ4v) is 3.48. The molecule has 0 unspecified atom stereocenters. The van der Waals surface area contributed by atoms with Crippen molar-refractivity contribution in [3.05, 3.63) is 40.2 Å². The van der Waals surface area contributed by atoms with Gasteiger partial charge in [-0.15, -0.1) is 0 Å². The SMILES string of the molecule is Cc1n[nH]c(C)c1NS(=O)(=O)c1cc(CO)ccc1Cl. The Kier molecular flexibility index (Phi) is 4.03. The molecule has 0 aliphatic heterocycles. The highest BCUT2D eigenvalue weighted by Crippen LogP contribution is 2.27. The van der Waals surface area contributed by atoms with Crippen molar-refractivity contribution in [1.82, 2.24) is 10.2 Å². The number of aliphatic hydroxyl groups is 1. The Morgan fingerprint density at radius 3 is 2.65 bits per heavy atom. The summed E-state index contributed by atoms with van der Waals surface area (Å²) < 4.78 is 27.2. The van der Waals surface area contributed by atoms with Crippen molar-refractivity contribution < 1.29 is 13.5 Å². The maximum Gasteiger partial charge on any atom is 0.263 e. The normalized spacial score (nSPS) is 11.6. The quantitative estimate of drug-likeness (QED) is 0.804. The van der Waals surface area contributed by atoms with E-state index in [-0.39, 0.29) is 16.5 Å². The molecule has 0 radical (unpaired) electrons.